The Hall–Kier alpha value is -1.08. The molecule has 0 unspecified atom stereocenters. The molecule has 92 valence electrons. The van der Waals surface area contributed by atoms with Gasteiger partial charge in [0.15, 0.2) is 0 Å². The van der Waals surface area contributed by atoms with Crippen LogP contribution >= 0.6 is 0 Å². The molecule has 0 fully saturated rings. The average Bonchev–Trinajstić information content (AvgIpc) is 2.41. The highest BCUT2D eigenvalue weighted by molar-refractivity contribution is 5.14. The van der Waals surface area contributed by atoms with Gasteiger partial charge < -0.3 is 5.32 Å². The van der Waals surface area contributed by atoms with Crippen molar-refractivity contribution in [1.29, 1.82) is 0 Å². The second-order valence-electron chi connectivity index (χ2n) is 2.73. The molecule has 0 bridgehead atoms. The van der Waals surface area contributed by atoms with Crippen molar-refractivity contribution in [3.05, 3.63) is 48.6 Å². The molecule has 0 heterocycles. The maximum absolute atomic E-state index is 3.64. The van der Waals surface area contributed by atoms with Crippen LogP contribution in [0.15, 0.2) is 43.0 Å². The second-order valence-corrected chi connectivity index (χ2v) is 2.73. The van der Waals surface area contributed by atoms with Gasteiger partial charge in [0, 0.05) is 6.54 Å². The predicted octanol–water partition coefficient (Wildman–Crippen LogP) is 4.06. The van der Waals surface area contributed by atoms with Crippen molar-refractivity contribution in [2.24, 2.45) is 0 Å². The molecule has 1 rings (SSSR count). The number of hydrogen-bond donors (Lipinski definition) is 1. The Morgan fingerprint density at radius 2 is 1.62 bits per heavy atom. The second kappa shape index (κ2) is 16.4. The van der Waals surface area contributed by atoms with Crippen LogP contribution in [-0.4, -0.2) is 13.1 Å². The highest BCUT2D eigenvalue weighted by Crippen LogP contribution is 1.97. The molecule has 1 nitrogen and oxygen atoms in total. The van der Waals surface area contributed by atoms with Crippen molar-refractivity contribution in [3.63, 3.8) is 0 Å². The van der Waals surface area contributed by atoms with E-state index in [4.69, 9.17) is 0 Å². The monoisotopic (exact) mass is 221 g/mol. The van der Waals surface area contributed by atoms with Gasteiger partial charge in [-0.05, 0) is 18.5 Å². The van der Waals surface area contributed by atoms with E-state index < -0.39 is 0 Å². The van der Waals surface area contributed by atoms with Crippen LogP contribution in [0.4, 0.5) is 0 Å². The number of benzene rings is 1. The van der Waals surface area contributed by atoms with Crippen LogP contribution < -0.4 is 5.32 Å². The van der Waals surface area contributed by atoms with E-state index >= 15 is 0 Å². The van der Waals surface area contributed by atoms with Gasteiger partial charge in [0.2, 0.25) is 0 Å². The summed E-state index contributed by atoms with van der Waals surface area (Å²) in [6, 6.07) is 10.5. The van der Waals surface area contributed by atoms with Crippen molar-refractivity contribution in [1.82, 2.24) is 5.32 Å². The minimum absolute atomic E-state index is 0.896. The lowest BCUT2D eigenvalue weighted by Gasteiger charge is -2.00. The maximum Gasteiger partial charge on any atom is 0.0132 e. The minimum atomic E-state index is 0.896. The molecule has 0 amide bonds. The zero-order valence-corrected chi connectivity index (χ0v) is 11.3. The summed E-state index contributed by atoms with van der Waals surface area (Å²) in [5, 5.41) is 3.27. The maximum atomic E-state index is 3.64. The average molecular weight is 221 g/mol. The van der Waals surface area contributed by atoms with Crippen molar-refractivity contribution in [2.45, 2.75) is 34.1 Å². The van der Waals surface area contributed by atoms with E-state index in [-0.39, 0.29) is 0 Å². The lowest BCUT2D eigenvalue weighted by molar-refractivity contribution is 0.745. The van der Waals surface area contributed by atoms with Gasteiger partial charge in [-0.15, -0.1) is 6.58 Å². The minimum Gasteiger partial charge on any atom is -0.313 e. The summed E-state index contributed by atoms with van der Waals surface area (Å²) >= 11 is 0. The summed E-state index contributed by atoms with van der Waals surface area (Å²) in [6.45, 7) is 13.6. The summed E-state index contributed by atoms with van der Waals surface area (Å²) in [4.78, 5) is 0. The van der Waals surface area contributed by atoms with Crippen LogP contribution in [0.25, 0.3) is 0 Å². The smallest absolute Gasteiger partial charge is 0.0132 e. The number of rotatable bonds is 5. The Kier molecular flexibility index (Phi) is 17.7. The third-order valence-corrected chi connectivity index (χ3v) is 1.72. The summed E-state index contributed by atoms with van der Waals surface area (Å²) in [5.41, 5.74) is 1.38. The third-order valence-electron chi connectivity index (χ3n) is 1.72. The first-order valence-electron chi connectivity index (χ1n) is 6.29. The largest absolute Gasteiger partial charge is 0.313 e. The molecular formula is C15H27N. The quantitative estimate of drug-likeness (QED) is 0.584. The van der Waals surface area contributed by atoms with Crippen LogP contribution in [0.3, 0.4) is 0 Å². The van der Waals surface area contributed by atoms with Gasteiger partial charge in [-0.1, -0.05) is 64.1 Å². The molecule has 1 heteroatoms. The normalized spacial score (nSPS) is 8.00. The Morgan fingerprint density at radius 3 is 2.12 bits per heavy atom. The van der Waals surface area contributed by atoms with Gasteiger partial charge in [0.1, 0.15) is 0 Å². The first-order valence-corrected chi connectivity index (χ1v) is 6.29. The molecule has 16 heavy (non-hydrogen) atoms. The van der Waals surface area contributed by atoms with Crippen LogP contribution in [0.2, 0.25) is 0 Å². The fraction of sp³-hybridized carbons (Fsp3) is 0.467. The lowest BCUT2D eigenvalue weighted by Crippen LogP contribution is -2.16. The van der Waals surface area contributed by atoms with Gasteiger partial charge >= 0.3 is 0 Å². The Bertz CT molecular complexity index is 216. The van der Waals surface area contributed by atoms with E-state index in [2.05, 4.69) is 36.2 Å². The van der Waals surface area contributed by atoms with Gasteiger partial charge in [-0.2, -0.15) is 0 Å². The van der Waals surface area contributed by atoms with Crippen LogP contribution in [0.1, 0.15) is 33.3 Å². The highest BCUT2D eigenvalue weighted by atomic mass is 14.8. The molecule has 0 radical (unpaired) electrons. The molecule has 0 saturated heterocycles. The van der Waals surface area contributed by atoms with E-state index in [9.17, 15) is 0 Å². The molecule has 0 aliphatic carbocycles. The number of hydrogen-bond acceptors (Lipinski definition) is 1. The van der Waals surface area contributed by atoms with Crippen LogP contribution in [0.5, 0.6) is 0 Å². The number of nitrogens with one attached hydrogen (secondary N) is 1. The molecule has 1 N–H and O–H groups in total. The van der Waals surface area contributed by atoms with E-state index in [1.807, 2.05) is 39.8 Å². The molecule has 0 saturated carbocycles. The van der Waals surface area contributed by atoms with E-state index in [1.54, 1.807) is 0 Å². The van der Waals surface area contributed by atoms with Gasteiger partial charge in [0.25, 0.3) is 0 Å². The summed E-state index contributed by atoms with van der Waals surface area (Å²) in [6.07, 6.45) is 2.97. The Labute approximate surface area is 102 Å². The SMILES string of the molecule is C=CCNCCc1ccccc1.CC.CC. The van der Waals surface area contributed by atoms with Gasteiger partial charge in [0.05, 0.1) is 0 Å². The first-order chi connectivity index (χ1) is 7.93. The molecular weight excluding hydrogens is 194 g/mol. The molecule has 0 atom stereocenters. The predicted molar refractivity (Wildman–Crippen MR) is 75.9 cm³/mol. The molecule has 1 aromatic carbocycles. The van der Waals surface area contributed by atoms with Crippen molar-refractivity contribution >= 4 is 0 Å². The fourth-order valence-electron chi connectivity index (χ4n) is 1.08. The topological polar surface area (TPSA) is 12.0 Å². The molecule has 0 spiro atoms. The standard InChI is InChI=1S/C11H15N.2C2H6/c1-2-9-12-10-8-11-6-4-3-5-7-11;2*1-2/h2-7,12H,1,8-10H2;2*1-2H3. The van der Waals surface area contributed by atoms with Crippen LogP contribution in [0, 0.1) is 0 Å². The summed E-state index contributed by atoms with van der Waals surface area (Å²) in [7, 11) is 0. The zero-order valence-electron chi connectivity index (χ0n) is 11.3. The van der Waals surface area contributed by atoms with Gasteiger partial charge in [-0.25, -0.2) is 0 Å². The molecule has 0 aromatic heterocycles. The molecule has 1 aromatic rings. The van der Waals surface area contributed by atoms with Crippen molar-refractivity contribution < 1.29 is 0 Å². The lowest BCUT2D eigenvalue weighted by atomic mass is 10.1. The van der Waals surface area contributed by atoms with Crippen LogP contribution in [-0.2, 0) is 6.42 Å². The summed E-state index contributed by atoms with van der Waals surface area (Å²) in [5.74, 6) is 0. The summed E-state index contributed by atoms with van der Waals surface area (Å²) < 4.78 is 0. The third kappa shape index (κ3) is 11.0. The Morgan fingerprint density at radius 1 is 1.06 bits per heavy atom. The zero-order chi connectivity index (χ0) is 12.6. The molecule has 0 aliphatic heterocycles. The van der Waals surface area contributed by atoms with E-state index in [0.29, 0.717) is 0 Å². The van der Waals surface area contributed by atoms with Crippen molar-refractivity contribution in [3.8, 4) is 0 Å². The Balaban J connectivity index is 0. The highest BCUT2D eigenvalue weighted by Gasteiger charge is 1.88. The molecule has 0 aliphatic rings. The van der Waals surface area contributed by atoms with E-state index in [0.717, 1.165) is 19.5 Å². The fourth-order valence-corrected chi connectivity index (χ4v) is 1.08. The van der Waals surface area contributed by atoms with Gasteiger partial charge in [-0.3, -0.25) is 0 Å². The van der Waals surface area contributed by atoms with E-state index in [1.165, 1.54) is 5.56 Å². The first kappa shape index (κ1) is 17.3. The van der Waals surface area contributed by atoms with Crippen molar-refractivity contribution in [2.75, 3.05) is 13.1 Å².